The fraction of sp³-hybridized carbons (Fsp3) is 0.500. The second kappa shape index (κ2) is 5.44. The van der Waals surface area contributed by atoms with Crippen molar-refractivity contribution in [2.45, 2.75) is 26.8 Å². The van der Waals surface area contributed by atoms with Gasteiger partial charge >= 0.3 is 0 Å². The van der Waals surface area contributed by atoms with Crippen molar-refractivity contribution in [2.75, 3.05) is 10.7 Å². The van der Waals surface area contributed by atoms with Crippen molar-refractivity contribution in [1.29, 1.82) is 0 Å². The fourth-order valence-corrected chi connectivity index (χ4v) is 1.44. The van der Waals surface area contributed by atoms with Crippen LogP contribution in [0.3, 0.4) is 0 Å². The minimum absolute atomic E-state index is 0.0667. The predicted octanol–water partition coefficient (Wildman–Crippen LogP) is -0.00758. The zero-order chi connectivity index (χ0) is 13.0. The summed E-state index contributed by atoms with van der Waals surface area (Å²) in [6.45, 7) is 5.54. The Morgan fingerprint density at radius 2 is 1.94 bits per heavy atom. The van der Waals surface area contributed by atoms with Gasteiger partial charge in [0.15, 0.2) is 0 Å². The molecule has 1 rings (SSSR count). The summed E-state index contributed by atoms with van der Waals surface area (Å²) in [5.41, 5.74) is 7.74. The van der Waals surface area contributed by atoms with Crippen molar-refractivity contribution >= 4 is 17.5 Å². The lowest BCUT2D eigenvalue weighted by Gasteiger charge is -2.19. The van der Waals surface area contributed by atoms with Crippen molar-refractivity contribution < 1.29 is 4.79 Å². The second-order valence-corrected chi connectivity index (χ2v) is 4.10. The van der Waals surface area contributed by atoms with Gasteiger partial charge in [-0.25, -0.2) is 15.8 Å². The molecule has 0 saturated carbocycles. The summed E-state index contributed by atoms with van der Waals surface area (Å²) in [6, 6.07) is 1.14. The predicted molar refractivity (Wildman–Crippen MR) is 66.0 cm³/mol. The number of rotatable bonds is 5. The smallest absolute Gasteiger partial charge is 0.240 e. The first-order valence-corrected chi connectivity index (χ1v) is 5.32. The average molecular weight is 238 g/mol. The largest absolute Gasteiger partial charge is 0.368 e. The number of amides is 1. The van der Waals surface area contributed by atoms with E-state index in [1.807, 2.05) is 13.8 Å². The van der Waals surface area contributed by atoms with E-state index in [0.29, 0.717) is 17.5 Å². The molecule has 17 heavy (non-hydrogen) atoms. The minimum atomic E-state index is -0.477. The SMILES string of the molecule is Cc1nc(NN)cc(NC(C(N)=O)C(C)C)n1. The van der Waals surface area contributed by atoms with E-state index < -0.39 is 11.9 Å². The molecule has 0 aromatic carbocycles. The average Bonchev–Trinajstić information content (AvgIpc) is 2.24. The zero-order valence-electron chi connectivity index (χ0n) is 10.2. The van der Waals surface area contributed by atoms with E-state index in [-0.39, 0.29) is 5.92 Å². The number of anilines is 2. The van der Waals surface area contributed by atoms with Crippen LogP contribution in [0.15, 0.2) is 6.07 Å². The Morgan fingerprint density at radius 1 is 1.35 bits per heavy atom. The molecule has 1 atom stereocenters. The van der Waals surface area contributed by atoms with E-state index in [9.17, 15) is 4.79 Å². The summed E-state index contributed by atoms with van der Waals surface area (Å²) in [6.07, 6.45) is 0. The molecule has 94 valence electrons. The van der Waals surface area contributed by atoms with E-state index in [1.54, 1.807) is 13.0 Å². The summed E-state index contributed by atoms with van der Waals surface area (Å²) < 4.78 is 0. The van der Waals surface area contributed by atoms with Crippen molar-refractivity contribution in [3.8, 4) is 0 Å². The number of aromatic nitrogens is 2. The highest BCUT2D eigenvalue weighted by Gasteiger charge is 2.19. The normalized spacial score (nSPS) is 12.3. The number of hydrogen-bond donors (Lipinski definition) is 4. The molecular formula is C10H18N6O. The third kappa shape index (κ3) is 3.56. The Morgan fingerprint density at radius 3 is 2.41 bits per heavy atom. The van der Waals surface area contributed by atoms with Crippen LogP contribution >= 0.6 is 0 Å². The molecule has 0 aliphatic carbocycles. The van der Waals surface area contributed by atoms with Crippen LogP contribution in [0.1, 0.15) is 19.7 Å². The van der Waals surface area contributed by atoms with Gasteiger partial charge < -0.3 is 16.5 Å². The molecule has 0 fully saturated rings. The van der Waals surface area contributed by atoms with Gasteiger partial charge in [0.2, 0.25) is 5.91 Å². The first kappa shape index (κ1) is 13.2. The van der Waals surface area contributed by atoms with Gasteiger partial charge in [-0.3, -0.25) is 4.79 Å². The number of nitrogens with one attached hydrogen (secondary N) is 2. The molecule has 0 radical (unpaired) electrons. The van der Waals surface area contributed by atoms with Gasteiger partial charge in [-0.05, 0) is 12.8 Å². The molecule has 1 unspecified atom stereocenters. The topological polar surface area (TPSA) is 119 Å². The summed E-state index contributed by atoms with van der Waals surface area (Å²) in [7, 11) is 0. The van der Waals surface area contributed by atoms with Gasteiger partial charge in [0.1, 0.15) is 23.5 Å². The van der Waals surface area contributed by atoms with Crippen LogP contribution in [0, 0.1) is 12.8 Å². The van der Waals surface area contributed by atoms with Gasteiger partial charge in [0, 0.05) is 6.07 Å². The number of hydrogen-bond acceptors (Lipinski definition) is 6. The Labute approximate surface area is 100.0 Å². The highest BCUT2D eigenvalue weighted by atomic mass is 16.1. The number of primary amides is 1. The number of carbonyl (C=O) groups excluding carboxylic acids is 1. The Kier molecular flexibility index (Phi) is 4.22. The molecule has 0 aliphatic rings. The second-order valence-electron chi connectivity index (χ2n) is 4.10. The van der Waals surface area contributed by atoms with Gasteiger partial charge in [-0.1, -0.05) is 13.8 Å². The number of nitrogens with zero attached hydrogens (tertiary/aromatic N) is 2. The molecule has 1 aromatic heterocycles. The van der Waals surface area contributed by atoms with Gasteiger partial charge in [0.05, 0.1) is 0 Å². The van der Waals surface area contributed by atoms with E-state index in [4.69, 9.17) is 11.6 Å². The summed E-state index contributed by atoms with van der Waals surface area (Å²) in [5.74, 6) is 6.47. The summed E-state index contributed by atoms with van der Waals surface area (Å²) in [4.78, 5) is 19.5. The van der Waals surface area contributed by atoms with Crippen LogP contribution in [0.2, 0.25) is 0 Å². The maximum atomic E-state index is 11.3. The maximum Gasteiger partial charge on any atom is 0.240 e. The molecule has 0 aliphatic heterocycles. The third-order valence-electron chi connectivity index (χ3n) is 2.26. The van der Waals surface area contributed by atoms with E-state index >= 15 is 0 Å². The van der Waals surface area contributed by atoms with Gasteiger partial charge in [0.25, 0.3) is 0 Å². The van der Waals surface area contributed by atoms with Crippen molar-refractivity contribution in [3.63, 3.8) is 0 Å². The zero-order valence-corrected chi connectivity index (χ0v) is 10.2. The number of hydrazine groups is 1. The van der Waals surface area contributed by atoms with Crippen molar-refractivity contribution in [1.82, 2.24) is 9.97 Å². The third-order valence-corrected chi connectivity index (χ3v) is 2.26. The van der Waals surface area contributed by atoms with Crippen LogP contribution in [0.25, 0.3) is 0 Å². The summed E-state index contributed by atoms with van der Waals surface area (Å²) in [5, 5.41) is 2.97. The number of nitrogen functional groups attached to an aromatic ring is 1. The van der Waals surface area contributed by atoms with Crippen LogP contribution < -0.4 is 22.3 Å². The van der Waals surface area contributed by atoms with Gasteiger partial charge in [-0.2, -0.15) is 0 Å². The number of nitrogens with two attached hydrogens (primary N) is 2. The Balaban J connectivity index is 2.93. The number of carbonyl (C=O) groups is 1. The highest BCUT2D eigenvalue weighted by Crippen LogP contribution is 2.13. The first-order chi connectivity index (χ1) is 7.93. The molecule has 1 amide bonds. The molecule has 7 nitrogen and oxygen atoms in total. The molecule has 6 N–H and O–H groups in total. The van der Waals surface area contributed by atoms with Gasteiger partial charge in [-0.15, -0.1) is 0 Å². The van der Waals surface area contributed by atoms with E-state index in [0.717, 1.165) is 0 Å². The monoisotopic (exact) mass is 238 g/mol. The molecular weight excluding hydrogens is 220 g/mol. The molecule has 0 saturated heterocycles. The minimum Gasteiger partial charge on any atom is -0.368 e. The molecule has 0 spiro atoms. The lowest BCUT2D eigenvalue weighted by molar-refractivity contribution is -0.119. The lowest BCUT2D eigenvalue weighted by atomic mass is 10.0. The van der Waals surface area contributed by atoms with Crippen molar-refractivity contribution in [3.05, 3.63) is 11.9 Å². The van der Waals surface area contributed by atoms with Crippen LogP contribution in [0.4, 0.5) is 11.6 Å². The number of aryl methyl sites for hydroxylation is 1. The Hall–Kier alpha value is -1.89. The fourth-order valence-electron chi connectivity index (χ4n) is 1.44. The molecule has 1 aromatic rings. The quantitative estimate of drug-likeness (QED) is 0.423. The van der Waals surface area contributed by atoms with Crippen LogP contribution in [-0.2, 0) is 4.79 Å². The Bertz CT molecular complexity index is 406. The van der Waals surface area contributed by atoms with Crippen molar-refractivity contribution in [2.24, 2.45) is 17.5 Å². The molecule has 7 heteroatoms. The highest BCUT2D eigenvalue weighted by molar-refractivity contribution is 5.83. The lowest BCUT2D eigenvalue weighted by Crippen LogP contribution is -2.39. The molecule has 0 bridgehead atoms. The standard InChI is InChI=1S/C10H18N6O/c1-5(2)9(10(11)17)15-7-4-8(16-12)14-6(3)13-7/h4-5,9H,12H2,1-3H3,(H2,11,17)(H2,13,14,15,16). The first-order valence-electron chi connectivity index (χ1n) is 5.32. The van der Waals surface area contributed by atoms with Crippen LogP contribution in [-0.4, -0.2) is 21.9 Å². The maximum absolute atomic E-state index is 11.3. The van der Waals surface area contributed by atoms with E-state index in [2.05, 4.69) is 20.7 Å². The summed E-state index contributed by atoms with van der Waals surface area (Å²) >= 11 is 0. The van der Waals surface area contributed by atoms with Crippen LogP contribution in [0.5, 0.6) is 0 Å². The molecule has 1 heterocycles. The van der Waals surface area contributed by atoms with E-state index in [1.165, 1.54) is 0 Å².